The molecular weight excluding hydrogens is 360 g/mol. The quantitative estimate of drug-likeness (QED) is 0.810. The van der Waals surface area contributed by atoms with Gasteiger partial charge in [0.15, 0.2) is 5.13 Å². The van der Waals surface area contributed by atoms with E-state index < -0.39 is 0 Å². The highest BCUT2D eigenvalue weighted by Crippen LogP contribution is 2.55. The first-order valence-corrected chi connectivity index (χ1v) is 11.1. The highest BCUT2D eigenvalue weighted by Gasteiger charge is 2.52. The molecule has 0 unspecified atom stereocenters. The number of nitrogens with zero attached hydrogens (tertiary/aromatic N) is 2. The Balaban J connectivity index is 1.24. The van der Waals surface area contributed by atoms with Crippen LogP contribution >= 0.6 is 11.3 Å². The minimum Gasteiger partial charge on any atom is -0.333 e. The van der Waals surface area contributed by atoms with Crippen molar-refractivity contribution in [2.24, 2.45) is 17.8 Å². The van der Waals surface area contributed by atoms with Gasteiger partial charge in [0.05, 0.1) is 0 Å². The van der Waals surface area contributed by atoms with Crippen molar-refractivity contribution in [3.05, 3.63) is 11.1 Å². The molecule has 1 aromatic heterocycles. The van der Waals surface area contributed by atoms with Gasteiger partial charge >= 0.3 is 6.03 Å². The molecule has 0 saturated heterocycles. The number of nitrogens with one attached hydrogen (secondary N) is 2. The summed E-state index contributed by atoms with van der Waals surface area (Å²) in [7, 11) is 0. The molecule has 5 aliphatic rings. The smallest absolute Gasteiger partial charge is 0.318 e. The van der Waals surface area contributed by atoms with Crippen LogP contribution in [0.4, 0.5) is 9.93 Å². The van der Waals surface area contributed by atoms with E-state index in [1.54, 1.807) is 11.1 Å². The van der Waals surface area contributed by atoms with Gasteiger partial charge in [-0.2, -0.15) is 0 Å². The predicted octanol–water partition coefficient (Wildman–Crippen LogP) is 3.53. The molecule has 4 bridgehead atoms. The van der Waals surface area contributed by atoms with Gasteiger partial charge in [-0.1, -0.05) is 0 Å². The van der Waals surface area contributed by atoms with Crippen molar-refractivity contribution in [1.29, 1.82) is 0 Å². The molecule has 7 heteroatoms. The monoisotopic (exact) mass is 388 g/mol. The maximum atomic E-state index is 13.1. The van der Waals surface area contributed by atoms with Crippen LogP contribution in [0.3, 0.4) is 0 Å². The lowest BCUT2D eigenvalue weighted by atomic mass is 9.53. The largest absolute Gasteiger partial charge is 0.333 e. The summed E-state index contributed by atoms with van der Waals surface area (Å²) in [6, 6.07) is 0.174. The molecule has 0 aromatic carbocycles. The van der Waals surface area contributed by atoms with Gasteiger partial charge in [-0.15, -0.1) is 11.3 Å². The third kappa shape index (κ3) is 3.58. The molecule has 6 rings (SSSR count). The number of thiazole rings is 1. The van der Waals surface area contributed by atoms with Crippen LogP contribution in [0.2, 0.25) is 0 Å². The summed E-state index contributed by atoms with van der Waals surface area (Å²) in [5.41, 5.74) is -0.0120. The second-order valence-corrected chi connectivity index (χ2v) is 10.5. The first kappa shape index (κ1) is 17.5. The fourth-order valence-electron chi connectivity index (χ4n) is 6.04. The van der Waals surface area contributed by atoms with E-state index in [4.69, 9.17) is 0 Å². The zero-order valence-corrected chi connectivity index (χ0v) is 16.7. The lowest BCUT2D eigenvalue weighted by Crippen LogP contribution is -2.62. The van der Waals surface area contributed by atoms with E-state index in [0.717, 1.165) is 54.7 Å². The van der Waals surface area contributed by atoms with Crippen LogP contribution in [0.5, 0.6) is 0 Å². The summed E-state index contributed by atoms with van der Waals surface area (Å²) in [6.45, 7) is 2.07. The fraction of sp³-hybridized carbons (Fsp3) is 0.750. The average Bonchev–Trinajstić information content (AvgIpc) is 3.33. The molecule has 5 fully saturated rings. The number of urea groups is 1. The van der Waals surface area contributed by atoms with Gasteiger partial charge in [0.2, 0.25) is 5.91 Å². The minimum atomic E-state index is -0.156. The van der Waals surface area contributed by atoms with Crippen molar-refractivity contribution >= 4 is 28.4 Å². The average molecular weight is 389 g/mol. The van der Waals surface area contributed by atoms with E-state index in [1.165, 1.54) is 30.6 Å². The van der Waals surface area contributed by atoms with Crippen molar-refractivity contribution < 1.29 is 9.59 Å². The second kappa shape index (κ2) is 6.47. The third-order valence-electron chi connectivity index (χ3n) is 6.84. The van der Waals surface area contributed by atoms with Crippen molar-refractivity contribution in [3.63, 3.8) is 0 Å². The van der Waals surface area contributed by atoms with Crippen molar-refractivity contribution in [3.8, 4) is 0 Å². The number of aromatic nitrogens is 1. The molecule has 0 spiro atoms. The van der Waals surface area contributed by atoms with E-state index in [1.807, 2.05) is 6.92 Å². The van der Waals surface area contributed by atoms with Gasteiger partial charge in [0.25, 0.3) is 0 Å². The van der Waals surface area contributed by atoms with Crippen molar-refractivity contribution in [2.75, 3.05) is 11.9 Å². The Bertz CT molecular complexity index is 722. The highest BCUT2D eigenvalue weighted by molar-refractivity contribution is 7.15. The Morgan fingerprint density at radius 3 is 2.33 bits per heavy atom. The standard InChI is InChI=1S/C20H28N4O2S/c1-12-10-21-18(27-12)22-17(25)11-24(16-2-3-16)19(26)23-20-7-13-4-14(8-20)6-15(5-13)9-20/h10,13-16H,2-9,11H2,1H3,(H,23,26)(H,21,22,25). The maximum absolute atomic E-state index is 13.1. The molecule has 6 nitrogen and oxygen atoms in total. The molecule has 1 aromatic rings. The summed E-state index contributed by atoms with van der Waals surface area (Å²) in [6.07, 6.45) is 11.2. The van der Waals surface area contributed by atoms with Gasteiger partial charge < -0.3 is 15.5 Å². The van der Waals surface area contributed by atoms with E-state index >= 15 is 0 Å². The zero-order chi connectivity index (χ0) is 18.6. The molecule has 27 heavy (non-hydrogen) atoms. The van der Waals surface area contributed by atoms with Crippen LogP contribution in [-0.2, 0) is 4.79 Å². The SMILES string of the molecule is Cc1cnc(NC(=O)CN(C(=O)NC23CC4CC(CC(C4)C2)C3)C2CC2)s1. The summed E-state index contributed by atoms with van der Waals surface area (Å²) in [5.74, 6) is 2.23. The van der Waals surface area contributed by atoms with Crippen LogP contribution in [0.25, 0.3) is 0 Å². The predicted molar refractivity (Wildman–Crippen MR) is 105 cm³/mol. The van der Waals surface area contributed by atoms with Crippen LogP contribution in [0.1, 0.15) is 56.2 Å². The van der Waals surface area contributed by atoms with E-state index in [0.29, 0.717) is 5.13 Å². The number of anilines is 1. The molecule has 146 valence electrons. The molecule has 1 heterocycles. The van der Waals surface area contributed by atoms with Crippen LogP contribution in [-0.4, -0.2) is 39.9 Å². The first-order valence-electron chi connectivity index (χ1n) is 10.3. The first-order chi connectivity index (χ1) is 13.0. The van der Waals surface area contributed by atoms with Crippen LogP contribution in [0, 0.1) is 24.7 Å². The molecule has 2 N–H and O–H groups in total. The maximum Gasteiger partial charge on any atom is 0.318 e. The molecule has 5 saturated carbocycles. The molecular formula is C20H28N4O2S. The van der Waals surface area contributed by atoms with E-state index in [-0.39, 0.29) is 30.1 Å². The fourth-order valence-corrected chi connectivity index (χ4v) is 6.72. The van der Waals surface area contributed by atoms with Gasteiger partial charge in [0.1, 0.15) is 6.54 Å². The Labute approximate surface area is 164 Å². The molecule has 3 amide bonds. The molecule has 5 aliphatic carbocycles. The number of amides is 3. The number of rotatable bonds is 5. The Kier molecular flexibility index (Phi) is 4.18. The number of aryl methyl sites for hydroxylation is 1. The number of hydrogen-bond donors (Lipinski definition) is 2. The van der Waals surface area contributed by atoms with Gasteiger partial charge in [-0.05, 0) is 76.0 Å². The third-order valence-corrected chi connectivity index (χ3v) is 7.67. The Morgan fingerprint density at radius 1 is 1.19 bits per heavy atom. The lowest BCUT2D eigenvalue weighted by molar-refractivity contribution is -0.117. The summed E-state index contributed by atoms with van der Waals surface area (Å²) < 4.78 is 0. The lowest BCUT2D eigenvalue weighted by Gasteiger charge is -2.57. The van der Waals surface area contributed by atoms with Crippen LogP contribution < -0.4 is 10.6 Å². The van der Waals surface area contributed by atoms with Gasteiger partial charge in [-0.25, -0.2) is 9.78 Å². The van der Waals surface area contributed by atoms with E-state index in [2.05, 4.69) is 15.6 Å². The van der Waals surface area contributed by atoms with Gasteiger partial charge in [0, 0.05) is 22.7 Å². The van der Waals surface area contributed by atoms with E-state index in [9.17, 15) is 9.59 Å². The molecule has 0 atom stereocenters. The summed E-state index contributed by atoms with van der Waals surface area (Å²) in [4.78, 5) is 32.6. The Hall–Kier alpha value is -1.63. The summed E-state index contributed by atoms with van der Waals surface area (Å²) >= 11 is 1.46. The topological polar surface area (TPSA) is 74.3 Å². The normalized spacial score (nSPS) is 33.7. The number of carbonyl (C=O) groups is 2. The van der Waals surface area contributed by atoms with Crippen LogP contribution in [0.15, 0.2) is 6.20 Å². The second-order valence-electron chi connectivity index (χ2n) is 9.31. The number of carbonyl (C=O) groups excluding carboxylic acids is 2. The van der Waals surface area contributed by atoms with Crippen molar-refractivity contribution in [1.82, 2.24) is 15.2 Å². The zero-order valence-electron chi connectivity index (χ0n) is 15.9. The van der Waals surface area contributed by atoms with Gasteiger partial charge in [-0.3, -0.25) is 4.79 Å². The highest BCUT2D eigenvalue weighted by atomic mass is 32.1. The Morgan fingerprint density at radius 2 is 1.81 bits per heavy atom. The molecule has 0 radical (unpaired) electrons. The molecule has 0 aliphatic heterocycles. The van der Waals surface area contributed by atoms with Crippen molar-refractivity contribution in [2.45, 2.75) is 69.9 Å². The summed E-state index contributed by atoms with van der Waals surface area (Å²) in [5, 5.41) is 6.86. The minimum absolute atomic E-state index is 0.0120. The number of hydrogen-bond acceptors (Lipinski definition) is 4.